The van der Waals surface area contributed by atoms with Crippen LogP contribution in [0.2, 0.25) is 0 Å². The molecule has 0 radical (unpaired) electrons. The maximum Gasteiger partial charge on any atom is 0.325 e. The van der Waals surface area contributed by atoms with E-state index in [-0.39, 0.29) is 38.4 Å². The van der Waals surface area contributed by atoms with Crippen LogP contribution in [0.15, 0.2) is 91.0 Å². The van der Waals surface area contributed by atoms with Crippen LogP contribution in [0.4, 0.5) is 0 Å². The lowest BCUT2D eigenvalue weighted by Gasteiger charge is -2.27. The highest BCUT2D eigenvalue weighted by atomic mass is 33.1. The van der Waals surface area contributed by atoms with Crippen LogP contribution in [0.1, 0.15) is 26.7 Å². The van der Waals surface area contributed by atoms with E-state index in [2.05, 4.69) is 83.4 Å². The zero-order valence-electron chi connectivity index (χ0n) is 26.3. The number of rotatable bonds is 19. The average molecular weight is 685 g/mol. The number of ether oxygens (including phenoxy) is 2. The molecule has 2 atom stereocenters. The lowest BCUT2D eigenvalue weighted by Crippen LogP contribution is -2.49. The van der Waals surface area contributed by atoms with Gasteiger partial charge in [-0.05, 0) is 56.7 Å². The van der Waals surface area contributed by atoms with Gasteiger partial charge in [-0.15, -0.1) is 0 Å². The van der Waals surface area contributed by atoms with Gasteiger partial charge in [0, 0.05) is 17.9 Å². The molecule has 9 nitrogen and oxygen atoms in total. The van der Waals surface area contributed by atoms with Gasteiger partial charge < -0.3 is 25.8 Å². The Labute approximate surface area is 279 Å². The van der Waals surface area contributed by atoms with Crippen molar-refractivity contribution in [3.8, 4) is 0 Å². The van der Waals surface area contributed by atoms with E-state index in [1.165, 1.54) is 26.7 Å². The van der Waals surface area contributed by atoms with Gasteiger partial charge in [0.1, 0.15) is 41.8 Å². The Morgan fingerprint density at radius 1 is 0.783 bits per heavy atom. The zero-order chi connectivity index (χ0) is 33.2. The van der Waals surface area contributed by atoms with Crippen LogP contribution in [0.25, 0.3) is 0 Å². The number of hydrogen-bond acceptors (Lipinski definition) is 9. The summed E-state index contributed by atoms with van der Waals surface area (Å²) in [5.41, 5.74) is 5.84. The zero-order valence-corrected chi connectivity index (χ0v) is 28.8. The van der Waals surface area contributed by atoms with Gasteiger partial charge in [-0.25, -0.2) is 0 Å². The molecule has 0 heterocycles. The van der Waals surface area contributed by atoms with Crippen molar-refractivity contribution in [1.82, 2.24) is 10.6 Å². The van der Waals surface area contributed by atoms with Gasteiger partial charge in [0.15, 0.2) is 0 Å². The number of carbonyl (C=O) groups excluding carboxylic acids is 4. The molecule has 0 unspecified atom stereocenters. The largest absolute Gasteiger partial charge is 0.465 e. The number of carbonyl (C=O) groups is 4. The molecule has 246 valence electrons. The number of hydrogen-bond donors (Lipinski definition) is 3. The van der Waals surface area contributed by atoms with Crippen molar-refractivity contribution in [2.75, 3.05) is 37.4 Å². The van der Waals surface area contributed by atoms with Gasteiger partial charge in [0.05, 0.1) is 19.4 Å². The van der Waals surface area contributed by atoms with E-state index in [9.17, 15) is 19.2 Å². The van der Waals surface area contributed by atoms with Gasteiger partial charge in [0.2, 0.25) is 11.8 Å². The van der Waals surface area contributed by atoms with Gasteiger partial charge in [-0.1, -0.05) is 76.2 Å². The van der Waals surface area contributed by atoms with Crippen LogP contribution in [-0.2, 0) is 28.7 Å². The topological polar surface area (TPSA) is 137 Å². The molecule has 0 saturated heterocycles. The van der Waals surface area contributed by atoms with Crippen molar-refractivity contribution >= 4 is 68.5 Å². The molecule has 12 heteroatoms. The summed E-state index contributed by atoms with van der Waals surface area (Å²) in [4.78, 5) is 49.5. The van der Waals surface area contributed by atoms with Crippen molar-refractivity contribution in [2.24, 2.45) is 5.73 Å². The summed E-state index contributed by atoms with van der Waals surface area (Å²) in [5, 5.41) is 9.19. The van der Waals surface area contributed by atoms with E-state index in [0.29, 0.717) is 0 Å². The van der Waals surface area contributed by atoms with Crippen LogP contribution < -0.4 is 32.3 Å². The molecule has 3 aromatic rings. The molecule has 0 spiro atoms. The Balaban J connectivity index is 1.70. The average Bonchev–Trinajstić information content (AvgIpc) is 3.08. The lowest BCUT2D eigenvalue weighted by atomic mass is 10.1. The van der Waals surface area contributed by atoms with E-state index >= 15 is 0 Å². The van der Waals surface area contributed by atoms with E-state index in [4.69, 9.17) is 15.2 Å². The summed E-state index contributed by atoms with van der Waals surface area (Å²) in [6.45, 7) is 3.45. The van der Waals surface area contributed by atoms with Crippen molar-refractivity contribution in [2.45, 2.75) is 38.8 Å². The standard InChI is InChI=1S/C34H42N3O6PS2/c1-3-42-32(39)24-36-33(40)30(37-31(38)21-20-29(35)34(41)43-4-2)25-46-45-23-22-44(26-14-8-5-9-15-26,27-16-10-6-11-17-27)28-18-12-7-13-19-28/h5-19,29-30H,3-4,20-25,35H2,1-2H3,(H-,36,37,38,40)/p+1/t29-,30-/m0/s1. The van der Waals surface area contributed by atoms with Crippen LogP contribution in [0, 0.1) is 0 Å². The van der Waals surface area contributed by atoms with Crippen LogP contribution in [-0.4, -0.2) is 73.3 Å². The minimum absolute atomic E-state index is 0.0579. The Hall–Kier alpha value is -3.37. The first-order valence-corrected chi connectivity index (χ1v) is 19.7. The molecule has 2 amide bonds. The Bertz CT molecular complexity index is 1290. The molecule has 0 bridgehead atoms. The number of amides is 2. The lowest BCUT2D eigenvalue weighted by molar-refractivity contribution is -0.145. The van der Waals surface area contributed by atoms with E-state index < -0.39 is 43.1 Å². The second kappa shape index (κ2) is 20.0. The molecule has 0 aromatic heterocycles. The summed E-state index contributed by atoms with van der Waals surface area (Å²) in [7, 11) is 1.12. The number of esters is 2. The smallest absolute Gasteiger partial charge is 0.325 e. The Kier molecular flexibility index (Phi) is 16.1. The third-order valence-electron chi connectivity index (χ3n) is 7.05. The highest BCUT2D eigenvalue weighted by Crippen LogP contribution is 2.55. The van der Waals surface area contributed by atoms with Crippen molar-refractivity contribution in [3.63, 3.8) is 0 Å². The second-order valence-corrected chi connectivity index (χ2v) is 16.4. The molecule has 46 heavy (non-hydrogen) atoms. The summed E-state index contributed by atoms with van der Waals surface area (Å²) in [6, 6.07) is 30.0. The van der Waals surface area contributed by atoms with E-state index in [1.54, 1.807) is 24.6 Å². The summed E-state index contributed by atoms with van der Waals surface area (Å²) in [6.07, 6.45) is 0.909. The van der Waals surface area contributed by atoms with E-state index in [0.717, 1.165) is 11.9 Å². The third-order valence-corrected chi connectivity index (χ3v) is 14.2. The summed E-state index contributed by atoms with van der Waals surface area (Å²) in [5.74, 6) is -1.01. The third kappa shape index (κ3) is 11.2. The number of nitrogens with two attached hydrogens (primary N) is 1. The predicted octanol–water partition coefficient (Wildman–Crippen LogP) is 3.20. The number of nitrogens with one attached hydrogen (secondary N) is 2. The molecule has 4 N–H and O–H groups in total. The molecule has 0 fully saturated rings. The monoisotopic (exact) mass is 684 g/mol. The van der Waals surface area contributed by atoms with E-state index in [1.807, 2.05) is 18.2 Å². The minimum atomic E-state index is -2.00. The SMILES string of the molecule is CCOC(=O)CNC(=O)[C@H](CSSCC[P+](c1ccccc1)(c1ccccc1)c1ccccc1)NC(=O)CC[C@H](N)C(=O)OCC. The van der Waals surface area contributed by atoms with Gasteiger partial charge in [-0.2, -0.15) is 0 Å². The first kappa shape index (κ1) is 37.1. The second-order valence-electron chi connectivity index (χ2n) is 10.2. The molecular formula is C34H43N3O6PS2+. The summed E-state index contributed by atoms with van der Waals surface area (Å²) < 4.78 is 9.82. The molecule has 3 rings (SSSR count). The summed E-state index contributed by atoms with van der Waals surface area (Å²) >= 11 is 0. The van der Waals surface area contributed by atoms with Crippen LogP contribution in [0.3, 0.4) is 0 Å². The molecule has 0 aliphatic carbocycles. The highest BCUT2D eigenvalue weighted by Gasteiger charge is 2.44. The molecule has 0 aliphatic rings. The normalized spacial score (nSPS) is 12.4. The fourth-order valence-electron chi connectivity index (χ4n) is 4.83. The highest BCUT2D eigenvalue weighted by molar-refractivity contribution is 8.76. The van der Waals surface area contributed by atoms with Crippen LogP contribution in [0.5, 0.6) is 0 Å². The fraction of sp³-hybridized carbons (Fsp3) is 0.353. The fourth-order valence-corrected chi connectivity index (χ4v) is 12.2. The molecule has 3 aromatic carbocycles. The van der Waals surface area contributed by atoms with Crippen LogP contribution >= 0.6 is 28.9 Å². The molecule has 0 aliphatic heterocycles. The van der Waals surface area contributed by atoms with Crippen molar-refractivity contribution in [3.05, 3.63) is 91.0 Å². The first-order chi connectivity index (χ1) is 22.3. The molecular weight excluding hydrogens is 641 g/mol. The quantitative estimate of drug-likeness (QED) is 0.0753. The minimum Gasteiger partial charge on any atom is -0.465 e. The Morgan fingerprint density at radius 2 is 1.30 bits per heavy atom. The number of benzene rings is 3. The van der Waals surface area contributed by atoms with Gasteiger partial charge >= 0.3 is 11.9 Å². The first-order valence-electron chi connectivity index (χ1n) is 15.3. The van der Waals surface area contributed by atoms with Crippen molar-refractivity contribution < 1.29 is 28.7 Å². The maximum absolute atomic E-state index is 13.0. The van der Waals surface area contributed by atoms with Gasteiger partial charge in [0.25, 0.3) is 0 Å². The predicted molar refractivity (Wildman–Crippen MR) is 190 cm³/mol. The maximum atomic E-state index is 13.0. The Morgan fingerprint density at radius 3 is 1.80 bits per heavy atom. The van der Waals surface area contributed by atoms with Crippen molar-refractivity contribution in [1.29, 1.82) is 0 Å². The van der Waals surface area contributed by atoms with Gasteiger partial charge in [-0.3, -0.25) is 19.2 Å². The molecule has 0 saturated carbocycles.